The van der Waals surface area contributed by atoms with E-state index < -0.39 is 5.91 Å². The van der Waals surface area contributed by atoms with Crippen LogP contribution in [-0.2, 0) is 0 Å². The Balaban J connectivity index is 2.31. The van der Waals surface area contributed by atoms with Crippen molar-refractivity contribution >= 4 is 17.3 Å². The predicted octanol–water partition coefficient (Wildman–Crippen LogP) is 1.32. The number of nitrogens with two attached hydrogens (primary N) is 1. The molecule has 2 rings (SSSR count). The fraction of sp³-hybridized carbons (Fsp3) is 0. The SMILES string of the molecule is NC(=O)c1ccccc1Nc1ccnnc1. The number of para-hydroxylation sites is 1. The van der Waals surface area contributed by atoms with E-state index in [1.165, 1.54) is 0 Å². The van der Waals surface area contributed by atoms with Crippen LogP contribution in [-0.4, -0.2) is 16.1 Å². The molecule has 0 atom stereocenters. The Kier molecular flexibility index (Phi) is 2.77. The van der Waals surface area contributed by atoms with E-state index in [1.54, 1.807) is 36.7 Å². The first kappa shape index (κ1) is 10.1. The molecule has 0 bridgehead atoms. The Morgan fingerprint density at radius 2 is 2.00 bits per heavy atom. The minimum absolute atomic E-state index is 0.444. The molecule has 1 aromatic heterocycles. The minimum atomic E-state index is -0.467. The second-order valence-electron chi connectivity index (χ2n) is 3.17. The molecule has 1 amide bonds. The largest absolute Gasteiger partial charge is 0.366 e. The Bertz CT molecular complexity index is 498. The van der Waals surface area contributed by atoms with Crippen LogP contribution >= 0.6 is 0 Å². The lowest BCUT2D eigenvalue weighted by atomic mass is 10.1. The molecule has 0 fully saturated rings. The number of nitrogens with one attached hydrogen (secondary N) is 1. The molecule has 0 radical (unpaired) electrons. The van der Waals surface area contributed by atoms with E-state index in [-0.39, 0.29) is 0 Å². The first-order valence-corrected chi connectivity index (χ1v) is 4.70. The third-order valence-corrected chi connectivity index (χ3v) is 2.06. The molecule has 0 aliphatic carbocycles. The van der Waals surface area contributed by atoms with Crippen LogP contribution in [0.5, 0.6) is 0 Å². The molecule has 0 aliphatic rings. The molecule has 0 saturated heterocycles. The summed E-state index contributed by atoms with van der Waals surface area (Å²) < 4.78 is 0. The summed E-state index contributed by atoms with van der Waals surface area (Å²) in [7, 11) is 0. The second-order valence-corrected chi connectivity index (χ2v) is 3.17. The summed E-state index contributed by atoms with van der Waals surface area (Å²) in [6.07, 6.45) is 3.13. The van der Waals surface area contributed by atoms with E-state index in [4.69, 9.17) is 5.73 Å². The molecule has 2 aromatic rings. The molecule has 0 spiro atoms. The number of carbonyl (C=O) groups excluding carboxylic acids is 1. The third-order valence-electron chi connectivity index (χ3n) is 2.06. The van der Waals surface area contributed by atoms with Crippen molar-refractivity contribution in [2.45, 2.75) is 0 Å². The Morgan fingerprint density at radius 3 is 2.69 bits per heavy atom. The van der Waals surface area contributed by atoms with Crippen LogP contribution in [0.25, 0.3) is 0 Å². The lowest BCUT2D eigenvalue weighted by molar-refractivity contribution is 0.100. The molecule has 0 unspecified atom stereocenters. The lowest BCUT2D eigenvalue weighted by Crippen LogP contribution is -2.13. The van der Waals surface area contributed by atoms with E-state index in [2.05, 4.69) is 15.5 Å². The van der Waals surface area contributed by atoms with Gasteiger partial charge in [-0.1, -0.05) is 12.1 Å². The van der Waals surface area contributed by atoms with Gasteiger partial charge in [-0.2, -0.15) is 10.2 Å². The van der Waals surface area contributed by atoms with E-state index in [1.807, 2.05) is 6.07 Å². The van der Waals surface area contributed by atoms with Gasteiger partial charge in [0.25, 0.3) is 5.91 Å². The zero-order valence-corrected chi connectivity index (χ0v) is 8.42. The Labute approximate surface area is 92.3 Å². The van der Waals surface area contributed by atoms with Crippen LogP contribution in [0.1, 0.15) is 10.4 Å². The normalized spacial score (nSPS) is 9.75. The van der Waals surface area contributed by atoms with Gasteiger partial charge in [0.1, 0.15) is 0 Å². The summed E-state index contributed by atoms with van der Waals surface area (Å²) in [4.78, 5) is 11.2. The van der Waals surface area contributed by atoms with Gasteiger partial charge in [0, 0.05) is 0 Å². The minimum Gasteiger partial charge on any atom is -0.366 e. The highest BCUT2D eigenvalue weighted by molar-refractivity contribution is 5.99. The number of hydrogen-bond acceptors (Lipinski definition) is 4. The molecule has 0 aliphatic heterocycles. The molecule has 5 nitrogen and oxygen atoms in total. The van der Waals surface area contributed by atoms with Gasteiger partial charge in [0.15, 0.2) is 0 Å². The molecule has 1 aromatic carbocycles. The number of aromatic nitrogens is 2. The number of rotatable bonds is 3. The highest BCUT2D eigenvalue weighted by atomic mass is 16.1. The number of benzene rings is 1. The van der Waals surface area contributed by atoms with Crippen molar-refractivity contribution in [2.75, 3.05) is 5.32 Å². The van der Waals surface area contributed by atoms with Crippen molar-refractivity contribution in [2.24, 2.45) is 5.73 Å². The molecular formula is C11H10N4O. The molecular weight excluding hydrogens is 204 g/mol. The number of amides is 1. The average Bonchev–Trinajstić information content (AvgIpc) is 2.31. The average molecular weight is 214 g/mol. The smallest absolute Gasteiger partial charge is 0.250 e. The monoisotopic (exact) mass is 214 g/mol. The van der Waals surface area contributed by atoms with Crippen LogP contribution in [0.3, 0.4) is 0 Å². The number of carbonyl (C=O) groups is 1. The van der Waals surface area contributed by atoms with Crippen molar-refractivity contribution in [1.82, 2.24) is 10.2 Å². The van der Waals surface area contributed by atoms with Crippen molar-refractivity contribution in [3.8, 4) is 0 Å². The summed E-state index contributed by atoms with van der Waals surface area (Å²) in [6.45, 7) is 0. The van der Waals surface area contributed by atoms with Gasteiger partial charge in [-0.05, 0) is 18.2 Å². The van der Waals surface area contributed by atoms with E-state index in [9.17, 15) is 4.79 Å². The van der Waals surface area contributed by atoms with Gasteiger partial charge in [0.05, 0.1) is 29.3 Å². The van der Waals surface area contributed by atoms with Crippen molar-refractivity contribution in [3.05, 3.63) is 48.3 Å². The molecule has 1 heterocycles. The van der Waals surface area contributed by atoms with Gasteiger partial charge in [0.2, 0.25) is 0 Å². The van der Waals surface area contributed by atoms with E-state index >= 15 is 0 Å². The molecule has 16 heavy (non-hydrogen) atoms. The quantitative estimate of drug-likeness (QED) is 0.807. The van der Waals surface area contributed by atoms with Crippen LogP contribution < -0.4 is 11.1 Å². The first-order valence-electron chi connectivity index (χ1n) is 4.70. The number of nitrogens with zero attached hydrogens (tertiary/aromatic N) is 2. The van der Waals surface area contributed by atoms with Crippen molar-refractivity contribution < 1.29 is 4.79 Å². The fourth-order valence-corrected chi connectivity index (χ4v) is 1.33. The summed E-state index contributed by atoms with van der Waals surface area (Å²) in [6, 6.07) is 8.78. The fourth-order valence-electron chi connectivity index (χ4n) is 1.33. The number of anilines is 2. The van der Waals surface area contributed by atoms with Crippen LogP contribution in [0.2, 0.25) is 0 Å². The molecule has 80 valence electrons. The standard InChI is InChI=1S/C11H10N4O/c12-11(16)9-3-1-2-4-10(9)15-8-5-6-13-14-7-8/h1-7H,(H2,12,16)(H,13,15). The molecule has 0 saturated carbocycles. The Morgan fingerprint density at radius 1 is 1.19 bits per heavy atom. The summed E-state index contributed by atoms with van der Waals surface area (Å²) in [5, 5.41) is 10.4. The van der Waals surface area contributed by atoms with Crippen molar-refractivity contribution in [1.29, 1.82) is 0 Å². The van der Waals surface area contributed by atoms with E-state index in [0.29, 0.717) is 11.3 Å². The molecule has 3 N–H and O–H groups in total. The summed E-state index contributed by atoms with van der Waals surface area (Å²) >= 11 is 0. The van der Waals surface area contributed by atoms with Crippen LogP contribution in [0.4, 0.5) is 11.4 Å². The molecule has 5 heteroatoms. The predicted molar refractivity (Wildman–Crippen MR) is 60.3 cm³/mol. The van der Waals surface area contributed by atoms with Gasteiger partial charge in [-0.3, -0.25) is 4.79 Å². The summed E-state index contributed by atoms with van der Waals surface area (Å²) in [5.74, 6) is -0.467. The number of primary amides is 1. The lowest BCUT2D eigenvalue weighted by Gasteiger charge is -2.08. The van der Waals surface area contributed by atoms with E-state index in [0.717, 1.165) is 5.69 Å². The maximum absolute atomic E-state index is 11.2. The van der Waals surface area contributed by atoms with Gasteiger partial charge >= 0.3 is 0 Å². The second kappa shape index (κ2) is 4.39. The summed E-state index contributed by atoms with van der Waals surface area (Å²) in [5.41, 5.74) is 7.11. The topological polar surface area (TPSA) is 80.9 Å². The number of hydrogen-bond donors (Lipinski definition) is 2. The van der Waals surface area contributed by atoms with Crippen molar-refractivity contribution in [3.63, 3.8) is 0 Å². The zero-order chi connectivity index (χ0) is 11.4. The maximum Gasteiger partial charge on any atom is 0.250 e. The zero-order valence-electron chi connectivity index (χ0n) is 8.42. The third kappa shape index (κ3) is 2.14. The highest BCUT2D eigenvalue weighted by Crippen LogP contribution is 2.19. The van der Waals surface area contributed by atoms with Gasteiger partial charge < -0.3 is 11.1 Å². The van der Waals surface area contributed by atoms with Gasteiger partial charge in [-0.15, -0.1) is 0 Å². The maximum atomic E-state index is 11.2. The van der Waals surface area contributed by atoms with Gasteiger partial charge in [-0.25, -0.2) is 0 Å². The van der Waals surface area contributed by atoms with Crippen LogP contribution in [0, 0.1) is 0 Å². The van der Waals surface area contributed by atoms with Crippen LogP contribution in [0.15, 0.2) is 42.7 Å². The first-order chi connectivity index (χ1) is 7.77. The Hall–Kier alpha value is -2.43. The highest BCUT2D eigenvalue weighted by Gasteiger charge is 2.06.